The molecule has 3 aliphatic rings. The third kappa shape index (κ3) is 6.29. The van der Waals surface area contributed by atoms with Crippen LogP contribution < -0.4 is 10.1 Å². The van der Waals surface area contributed by atoms with Gasteiger partial charge in [0, 0.05) is 19.2 Å². The molecule has 2 amide bonds. The number of amides is 2. The standard InChI is InChI=1S/C26H30BrN3O3S/c1-33-22-11-10-19(16-20(22)27)17-24-26(32)30(21-8-4-5-9-23(21)34-24)18-25(31)28-12-15-29-13-6-2-3-7-14-29/h4-5,8-11,16-17,23H,2-3,6-7,12-15,18H2,1H3/p+1/b24-17+. The molecule has 1 saturated heterocycles. The van der Waals surface area contributed by atoms with E-state index in [1.54, 1.807) is 11.7 Å². The molecule has 0 aromatic heterocycles. The smallest absolute Gasteiger partial charge is 0.426 e. The minimum absolute atomic E-state index is 0.000499. The summed E-state index contributed by atoms with van der Waals surface area (Å²) in [6, 6.07) is 5.71. The van der Waals surface area contributed by atoms with Gasteiger partial charge < -0.3 is 15.0 Å². The molecule has 1 fully saturated rings. The number of allylic oxidation sites excluding steroid dienone is 3. The van der Waals surface area contributed by atoms with E-state index in [2.05, 4.69) is 32.2 Å². The molecular formula is C26H31BrN3O3S+. The van der Waals surface area contributed by atoms with Gasteiger partial charge in [-0.1, -0.05) is 48.9 Å². The second kappa shape index (κ2) is 12.0. The summed E-state index contributed by atoms with van der Waals surface area (Å²) in [4.78, 5) is 29.3. The summed E-state index contributed by atoms with van der Waals surface area (Å²) in [6.45, 7) is 3.68. The van der Waals surface area contributed by atoms with E-state index in [9.17, 15) is 9.59 Å². The highest BCUT2D eigenvalue weighted by Crippen LogP contribution is 2.34. The number of nitrogens with zero attached hydrogens (tertiary/aromatic N) is 2. The summed E-state index contributed by atoms with van der Waals surface area (Å²) >= 11 is 5.02. The van der Waals surface area contributed by atoms with Crippen molar-refractivity contribution in [3.05, 3.63) is 57.4 Å². The molecule has 1 atom stereocenters. The van der Waals surface area contributed by atoms with Crippen molar-refractivity contribution in [3.8, 4) is 5.75 Å². The van der Waals surface area contributed by atoms with Gasteiger partial charge in [0.05, 0.1) is 11.6 Å². The molecule has 0 saturated carbocycles. The number of thioether (sulfide) groups is 1. The summed E-state index contributed by atoms with van der Waals surface area (Å²) < 4.78 is 7.75. The first-order valence-corrected chi connectivity index (χ1v) is 13.5. The SMILES string of the molecule is COc1ccc(/C=C2/SC3C=CC=CC3=[N+](CC(=O)NCCN3CCCCCC3)C2=O)cc1Br. The fraction of sp³-hybridized carbons (Fsp3) is 0.423. The van der Waals surface area contributed by atoms with E-state index in [1.807, 2.05) is 42.5 Å². The van der Waals surface area contributed by atoms with Gasteiger partial charge in [-0.05, 0) is 65.6 Å². The van der Waals surface area contributed by atoms with Crippen LogP contribution in [0, 0.1) is 0 Å². The quantitative estimate of drug-likeness (QED) is 0.415. The second-order valence-electron chi connectivity index (χ2n) is 8.61. The lowest BCUT2D eigenvalue weighted by Crippen LogP contribution is -2.44. The lowest BCUT2D eigenvalue weighted by atomic mass is 10.1. The number of methoxy groups -OCH3 is 1. The number of hydrogen-bond donors (Lipinski definition) is 1. The number of fused-ring (bicyclic) bond motifs is 1. The van der Waals surface area contributed by atoms with Crippen LogP contribution >= 0.6 is 27.7 Å². The normalized spacial score (nSPS) is 22.0. The van der Waals surface area contributed by atoms with Gasteiger partial charge in [0.1, 0.15) is 15.9 Å². The van der Waals surface area contributed by atoms with Crippen LogP contribution in [0.15, 0.2) is 51.9 Å². The zero-order chi connectivity index (χ0) is 23.9. The van der Waals surface area contributed by atoms with Gasteiger partial charge in [-0.3, -0.25) is 4.79 Å². The topological polar surface area (TPSA) is 61.7 Å². The van der Waals surface area contributed by atoms with Crippen LogP contribution in [0.1, 0.15) is 31.2 Å². The molecule has 1 N–H and O–H groups in total. The number of ether oxygens (including phenoxy) is 1. The number of hydrogen-bond acceptors (Lipinski definition) is 5. The number of carbonyl (C=O) groups is 2. The predicted octanol–water partition coefficient (Wildman–Crippen LogP) is 4.01. The summed E-state index contributed by atoms with van der Waals surface area (Å²) in [5.41, 5.74) is 1.75. The van der Waals surface area contributed by atoms with Crippen molar-refractivity contribution < 1.29 is 18.9 Å². The van der Waals surface area contributed by atoms with Gasteiger partial charge in [-0.15, -0.1) is 4.58 Å². The molecule has 8 heteroatoms. The van der Waals surface area contributed by atoms with E-state index in [0.717, 1.165) is 41.1 Å². The van der Waals surface area contributed by atoms with Gasteiger partial charge in [0.25, 0.3) is 5.91 Å². The molecule has 1 aromatic carbocycles. The lowest BCUT2D eigenvalue weighted by Gasteiger charge is -2.21. The largest absolute Gasteiger partial charge is 0.496 e. The number of nitrogens with one attached hydrogen (secondary N) is 1. The fourth-order valence-corrected chi connectivity index (χ4v) is 6.13. The number of likely N-dealkylation sites (tertiary alicyclic amines) is 1. The molecule has 1 aromatic rings. The maximum Gasteiger partial charge on any atom is 0.426 e. The Hall–Kier alpha value is -2.16. The van der Waals surface area contributed by atoms with Gasteiger partial charge in [-0.25, -0.2) is 4.79 Å². The first kappa shape index (κ1) is 24.9. The average molecular weight is 546 g/mol. The summed E-state index contributed by atoms with van der Waals surface area (Å²) in [5, 5.41) is 3.02. The van der Waals surface area contributed by atoms with Crippen LogP contribution in [-0.2, 0) is 9.59 Å². The summed E-state index contributed by atoms with van der Waals surface area (Å²) in [5.74, 6) is 0.459. The number of halogens is 1. The second-order valence-corrected chi connectivity index (χ2v) is 10.6. The molecule has 4 rings (SSSR count). The van der Waals surface area contributed by atoms with Crippen LogP contribution in [0.25, 0.3) is 6.08 Å². The van der Waals surface area contributed by atoms with Gasteiger partial charge in [-0.2, -0.15) is 0 Å². The molecule has 0 bridgehead atoms. The molecule has 180 valence electrons. The Balaban J connectivity index is 1.46. The first-order valence-electron chi connectivity index (χ1n) is 11.8. The van der Waals surface area contributed by atoms with Crippen LogP contribution in [0.4, 0.5) is 0 Å². The van der Waals surface area contributed by atoms with Crippen molar-refractivity contribution in [2.45, 2.75) is 30.9 Å². The van der Waals surface area contributed by atoms with Crippen LogP contribution in [0.5, 0.6) is 5.75 Å². The minimum atomic E-state index is -0.147. The van der Waals surface area contributed by atoms with Crippen molar-refractivity contribution in [3.63, 3.8) is 0 Å². The van der Waals surface area contributed by atoms with E-state index in [1.165, 1.54) is 37.4 Å². The first-order chi connectivity index (χ1) is 16.5. The molecule has 1 aliphatic carbocycles. The number of carbonyl (C=O) groups excluding carboxylic acids is 2. The van der Waals surface area contributed by atoms with E-state index < -0.39 is 0 Å². The summed E-state index contributed by atoms with van der Waals surface area (Å²) in [7, 11) is 1.62. The average Bonchev–Trinajstić information content (AvgIpc) is 3.11. The number of rotatable bonds is 7. The molecule has 34 heavy (non-hydrogen) atoms. The van der Waals surface area contributed by atoms with Crippen molar-refractivity contribution in [2.75, 3.05) is 39.8 Å². The third-order valence-electron chi connectivity index (χ3n) is 6.20. The zero-order valence-electron chi connectivity index (χ0n) is 19.5. The zero-order valence-corrected chi connectivity index (χ0v) is 21.9. The Kier molecular flexibility index (Phi) is 8.80. The van der Waals surface area contributed by atoms with Crippen LogP contribution in [0.2, 0.25) is 0 Å². The van der Waals surface area contributed by atoms with Crippen molar-refractivity contribution >= 4 is 51.3 Å². The van der Waals surface area contributed by atoms with Crippen LogP contribution in [0.3, 0.4) is 0 Å². The molecule has 6 nitrogen and oxygen atoms in total. The molecule has 0 radical (unpaired) electrons. The van der Waals surface area contributed by atoms with Gasteiger partial charge in [0.2, 0.25) is 12.3 Å². The minimum Gasteiger partial charge on any atom is -0.496 e. The van der Waals surface area contributed by atoms with Gasteiger partial charge in [0.15, 0.2) is 0 Å². The molecule has 1 unspecified atom stereocenters. The Labute approximate surface area is 213 Å². The molecular weight excluding hydrogens is 514 g/mol. The highest BCUT2D eigenvalue weighted by atomic mass is 79.9. The van der Waals surface area contributed by atoms with E-state index in [0.29, 0.717) is 11.4 Å². The Morgan fingerprint density at radius 2 is 2.06 bits per heavy atom. The maximum absolute atomic E-state index is 13.4. The summed E-state index contributed by atoms with van der Waals surface area (Å²) in [6.07, 6.45) is 14.8. The fourth-order valence-electron chi connectivity index (χ4n) is 4.39. The highest BCUT2D eigenvalue weighted by molar-refractivity contribution is 9.10. The Bertz CT molecular complexity index is 1060. The molecule has 2 aliphatic heterocycles. The van der Waals surface area contributed by atoms with Crippen molar-refractivity contribution in [2.24, 2.45) is 0 Å². The highest BCUT2D eigenvalue weighted by Gasteiger charge is 2.39. The predicted molar refractivity (Wildman–Crippen MR) is 141 cm³/mol. The van der Waals surface area contributed by atoms with E-state index in [4.69, 9.17) is 4.74 Å². The van der Waals surface area contributed by atoms with E-state index in [-0.39, 0.29) is 23.6 Å². The monoisotopic (exact) mass is 544 g/mol. The Morgan fingerprint density at radius 3 is 2.79 bits per heavy atom. The molecule has 2 heterocycles. The van der Waals surface area contributed by atoms with E-state index >= 15 is 0 Å². The lowest BCUT2D eigenvalue weighted by molar-refractivity contribution is -0.434. The maximum atomic E-state index is 13.4. The molecule has 0 spiro atoms. The van der Waals surface area contributed by atoms with Crippen molar-refractivity contribution in [1.29, 1.82) is 0 Å². The van der Waals surface area contributed by atoms with Crippen LogP contribution in [-0.4, -0.2) is 72.1 Å². The third-order valence-corrected chi connectivity index (χ3v) is 8.02. The Morgan fingerprint density at radius 1 is 1.26 bits per heavy atom. The van der Waals surface area contributed by atoms with Gasteiger partial charge >= 0.3 is 5.91 Å². The van der Waals surface area contributed by atoms with Crippen molar-refractivity contribution in [1.82, 2.24) is 10.2 Å². The number of benzene rings is 1.